The van der Waals surface area contributed by atoms with Crippen LogP contribution in [-0.4, -0.2) is 25.4 Å². The highest BCUT2D eigenvalue weighted by Gasteiger charge is 2.41. The summed E-state index contributed by atoms with van der Waals surface area (Å²) in [7, 11) is -3.92. The molecule has 1 aromatic rings. The summed E-state index contributed by atoms with van der Waals surface area (Å²) in [6.07, 6.45) is 3.50. The lowest BCUT2D eigenvalue weighted by atomic mass is 9.74. The molecule has 1 aliphatic carbocycles. The molecule has 1 aliphatic rings. The van der Waals surface area contributed by atoms with Gasteiger partial charge in [0.15, 0.2) is 0 Å². The van der Waals surface area contributed by atoms with Crippen LogP contribution >= 0.6 is 24.0 Å². The molecule has 10 heteroatoms. The second-order valence-electron chi connectivity index (χ2n) is 5.98. The van der Waals surface area contributed by atoms with Crippen LogP contribution in [0, 0.1) is 16.0 Å². The summed E-state index contributed by atoms with van der Waals surface area (Å²) in [4.78, 5) is 9.94. The third-order valence-corrected chi connectivity index (χ3v) is 6.61. The van der Waals surface area contributed by atoms with E-state index in [4.69, 9.17) is 17.3 Å². The zero-order valence-corrected chi connectivity index (χ0v) is 15.6. The smallest absolute Gasteiger partial charge is 0.271 e. The number of nitrogens with one attached hydrogen (secondary N) is 1. The molecule has 0 bridgehead atoms. The Labute approximate surface area is 152 Å². The summed E-state index contributed by atoms with van der Waals surface area (Å²) in [6.45, 7) is 2.17. The molecule has 1 fully saturated rings. The summed E-state index contributed by atoms with van der Waals surface area (Å²) < 4.78 is 28.1. The van der Waals surface area contributed by atoms with Crippen molar-refractivity contribution in [2.75, 3.05) is 6.54 Å². The number of hydrogen-bond acceptors (Lipinski definition) is 5. The maximum absolute atomic E-state index is 12.7. The van der Waals surface area contributed by atoms with Gasteiger partial charge in [0.05, 0.1) is 9.95 Å². The number of non-ortho nitro benzene ring substituents is 1. The van der Waals surface area contributed by atoms with Crippen molar-refractivity contribution in [1.82, 2.24) is 4.72 Å². The Hall–Kier alpha value is -0.930. The van der Waals surface area contributed by atoms with Crippen molar-refractivity contribution in [2.45, 2.75) is 43.0 Å². The highest BCUT2D eigenvalue weighted by Crippen LogP contribution is 2.35. The third kappa shape index (κ3) is 4.18. The molecule has 0 radical (unpaired) electrons. The first-order valence-electron chi connectivity index (χ1n) is 7.40. The number of sulfonamides is 1. The van der Waals surface area contributed by atoms with Gasteiger partial charge < -0.3 is 5.73 Å². The van der Waals surface area contributed by atoms with Gasteiger partial charge in [-0.25, -0.2) is 13.1 Å². The molecule has 1 aromatic carbocycles. The van der Waals surface area contributed by atoms with E-state index in [-0.39, 0.29) is 40.5 Å². The minimum absolute atomic E-state index is 0. The second-order valence-corrected chi connectivity index (χ2v) is 8.04. The van der Waals surface area contributed by atoms with E-state index in [1.54, 1.807) is 0 Å². The fourth-order valence-corrected chi connectivity index (χ4v) is 5.13. The highest BCUT2D eigenvalue weighted by atomic mass is 35.5. The molecule has 24 heavy (non-hydrogen) atoms. The summed E-state index contributed by atoms with van der Waals surface area (Å²) in [5.74, 6) is 0.104. The topological polar surface area (TPSA) is 115 Å². The molecular formula is C14H21Cl2N3O4S. The van der Waals surface area contributed by atoms with Crippen LogP contribution in [0.4, 0.5) is 5.69 Å². The number of rotatable bonds is 5. The maximum Gasteiger partial charge on any atom is 0.271 e. The largest absolute Gasteiger partial charge is 0.329 e. The highest BCUT2D eigenvalue weighted by molar-refractivity contribution is 7.89. The monoisotopic (exact) mass is 397 g/mol. The van der Waals surface area contributed by atoms with Gasteiger partial charge in [0.25, 0.3) is 5.69 Å². The maximum atomic E-state index is 12.7. The summed E-state index contributed by atoms with van der Waals surface area (Å²) in [6, 6.07) is 3.32. The number of nitro benzene ring substituents is 1. The van der Waals surface area contributed by atoms with Gasteiger partial charge in [-0.1, -0.05) is 31.4 Å². The Kier molecular flexibility index (Phi) is 7.01. The predicted molar refractivity (Wildman–Crippen MR) is 95.1 cm³/mol. The van der Waals surface area contributed by atoms with E-state index in [9.17, 15) is 18.5 Å². The van der Waals surface area contributed by atoms with Gasteiger partial charge in [-0.05, 0) is 24.8 Å². The van der Waals surface area contributed by atoms with Crippen molar-refractivity contribution in [3.8, 4) is 0 Å². The van der Waals surface area contributed by atoms with Gasteiger partial charge >= 0.3 is 0 Å². The van der Waals surface area contributed by atoms with Crippen molar-refractivity contribution >= 4 is 39.7 Å². The van der Waals surface area contributed by atoms with Crippen LogP contribution in [0.5, 0.6) is 0 Å². The molecule has 7 nitrogen and oxygen atoms in total. The van der Waals surface area contributed by atoms with Crippen LogP contribution in [-0.2, 0) is 10.0 Å². The van der Waals surface area contributed by atoms with Gasteiger partial charge in [-0.15, -0.1) is 12.4 Å². The quantitative estimate of drug-likeness (QED) is 0.585. The van der Waals surface area contributed by atoms with E-state index in [1.165, 1.54) is 0 Å². The number of benzene rings is 1. The first-order valence-corrected chi connectivity index (χ1v) is 9.26. The molecule has 0 heterocycles. The fourth-order valence-electron chi connectivity index (χ4n) is 3.05. The SMILES string of the molecule is CC1CCCCC1(CN)NS(=O)(=O)c1ccc([N+](=O)[O-])cc1Cl.Cl. The zero-order valence-electron chi connectivity index (χ0n) is 13.2. The van der Waals surface area contributed by atoms with E-state index >= 15 is 0 Å². The Bertz CT molecular complexity index is 714. The van der Waals surface area contributed by atoms with E-state index in [1.807, 2.05) is 6.92 Å². The summed E-state index contributed by atoms with van der Waals surface area (Å²) >= 11 is 5.95. The molecule has 0 saturated heterocycles. The van der Waals surface area contributed by atoms with E-state index in [0.717, 1.165) is 37.5 Å². The van der Waals surface area contributed by atoms with E-state index in [0.29, 0.717) is 6.42 Å². The van der Waals surface area contributed by atoms with Crippen LogP contribution in [0.1, 0.15) is 32.6 Å². The van der Waals surface area contributed by atoms with Gasteiger partial charge in [0, 0.05) is 24.2 Å². The molecule has 0 aliphatic heterocycles. The predicted octanol–water partition coefficient (Wildman–Crippen LogP) is 2.86. The Morgan fingerprint density at radius 2 is 2.12 bits per heavy atom. The molecule has 0 aromatic heterocycles. The molecule has 2 rings (SSSR count). The van der Waals surface area contributed by atoms with Crippen molar-refractivity contribution in [2.24, 2.45) is 11.7 Å². The third-order valence-electron chi connectivity index (χ3n) is 4.57. The lowest BCUT2D eigenvalue weighted by molar-refractivity contribution is -0.384. The number of nitrogens with zero attached hydrogens (tertiary/aromatic N) is 1. The Morgan fingerprint density at radius 3 is 2.62 bits per heavy atom. The van der Waals surface area contributed by atoms with Crippen LogP contribution < -0.4 is 10.5 Å². The number of halogens is 2. The zero-order chi connectivity index (χ0) is 17.3. The number of nitro groups is 1. The lowest BCUT2D eigenvalue weighted by Crippen LogP contribution is -2.58. The van der Waals surface area contributed by atoms with E-state index in [2.05, 4.69) is 4.72 Å². The van der Waals surface area contributed by atoms with Crippen molar-refractivity contribution < 1.29 is 13.3 Å². The molecule has 3 N–H and O–H groups in total. The number of hydrogen-bond donors (Lipinski definition) is 2. The molecule has 0 amide bonds. The van der Waals surface area contributed by atoms with Gasteiger partial charge in [0.1, 0.15) is 4.90 Å². The first-order chi connectivity index (χ1) is 10.7. The van der Waals surface area contributed by atoms with Gasteiger partial charge in [0.2, 0.25) is 10.0 Å². The fraction of sp³-hybridized carbons (Fsp3) is 0.571. The minimum atomic E-state index is -3.92. The molecular weight excluding hydrogens is 377 g/mol. The molecule has 2 atom stereocenters. The summed E-state index contributed by atoms with van der Waals surface area (Å²) in [5, 5.41) is 10.6. The average Bonchev–Trinajstić information content (AvgIpc) is 2.49. The second kappa shape index (κ2) is 7.97. The van der Waals surface area contributed by atoms with Crippen LogP contribution in [0.2, 0.25) is 5.02 Å². The van der Waals surface area contributed by atoms with Crippen molar-refractivity contribution in [1.29, 1.82) is 0 Å². The van der Waals surface area contributed by atoms with Crippen LogP contribution in [0.3, 0.4) is 0 Å². The average molecular weight is 398 g/mol. The Balaban J connectivity index is 0.00000288. The Morgan fingerprint density at radius 1 is 1.46 bits per heavy atom. The molecule has 0 spiro atoms. The van der Waals surface area contributed by atoms with Gasteiger partial charge in [-0.3, -0.25) is 10.1 Å². The van der Waals surface area contributed by atoms with E-state index < -0.39 is 20.5 Å². The van der Waals surface area contributed by atoms with Crippen LogP contribution in [0.25, 0.3) is 0 Å². The lowest BCUT2D eigenvalue weighted by Gasteiger charge is -2.42. The minimum Gasteiger partial charge on any atom is -0.329 e. The normalized spacial score (nSPS) is 24.2. The standard InChI is InChI=1S/C14H20ClN3O4S.ClH/c1-10-4-2-3-7-14(10,9-16)17-23(21,22)13-6-5-11(18(19)20)8-12(13)15;/h5-6,8,10,17H,2-4,7,9,16H2,1H3;1H. The first kappa shape index (κ1) is 21.1. The number of nitrogens with two attached hydrogens (primary N) is 1. The molecule has 2 unspecified atom stereocenters. The summed E-state index contributed by atoms with van der Waals surface area (Å²) in [5.41, 5.74) is 4.90. The van der Waals surface area contributed by atoms with Crippen molar-refractivity contribution in [3.63, 3.8) is 0 Å². The van der Waals surface area contributed by atoms with Gasteiger partial charge in [-0.2, -0.15) is 0 Å². The van der Waals surface area contributed by atoms with Crippen LogP contribution in [0.15, 0.2) is 23.1 Å². The van der Waals surface area contributed by atoms with Crippen molar-refractivity contribution in [3.05, 3.63) is 33.3 Å². The molecule has 136 valence electrons. The molecule has 1 saturated carbocycles.